The molecule has 2 atom stereocenters. The van der Waals surface area contributed by atoms with Gasteiger partial charge in [0.05, 0.1) is 0 Å². The zero-order valence-electron chi connectivity index (χ0n) is 14.8. The van der Waals surface area contributed by atoms with E-state index in [9.17, 15) is 0 Å². The Morgan fingerprint density at radius 1 is 1.22 bits per heavy atom. The molecule has 23 heavy (non-hydrogen) atoms. The summed E-state index contributed by atoms with van der Waals surface area (Å²) in [5.74, 6) is 2.06. The van der Waals surface area contributed by atoms with Crippen LogP contribution in [-0.2, 0) is 0 Å². The molecule has 0 radical (unpaired) electrons. The smallest absolute Gasteiger partial charge is 0.191 e. The first-order chi connectivity index (χ1) is 11.2. The summed E-state index contributed by atoms with van der Waals surface area (Å²) in [6.45, 7) is 10.2. The molecule has 0 saturated carbocycles. The molecule has 1 fully saturated rings. The van der Waals surface area contributed by atoms with Crippen LogP contribution in [0, 0.1) is 5.92 Å². The molecule has 5 heteroatoms. The summed E-state index contributed by atoms with van der Waals surface area (Å²) in [5, 5.41) is 11.3. The minimum atomic E-state index is 0.505. The first kappa shape index (κ1) is 18.3. The minimum absolute atomic E-state index is 0.505. The van der Waals surface area contributed by atoms with E-state index in [2.05, 4.69) is 51.2 Å². The largest absolute Gasteiger partial charge is 0.356 e. The second-order valence-corrected chi connectivity index (χ2v) is 7.54. The van der Waals surface area contributed by atoms with Crippen molar-refractivity contribution < 1.29 is 0 Å². The van der Waals surface area contributed by atoms with E-state index in [0.29, 0.717) is 11.8 Å². The fraction of sp³-hybridized carbons (Fsp3) is 0.722. The molecule has 0 aliphatic carbocycles. The zero-order chi connectivity index (χ0) is 16.5. The Kier molecular flexibility index (Phi) is 7.89. The molecule has 4 nitrogen and oxygen atoms in total. The third-order valence-electron chi connectivity index (χ3n) is 4.55. The van der Waals surface area contributed by atoms with Crippen LogP contribution in [0.25, 0.3) is 0 Å². The average molecular weight is 337 g/mol. The fourth-order valence-electron chi connectivity index (χ4n) is 3.06. The second-order valence-electron chi connectivity index (χ2n) is 6.76. The van der Waals surface area contributed by atoms with Gasteiger partial charge in [-0.2, -0.15) is 11.3 Å². The van der Waals surface area contributed by atoms with Gasteiger partial charge < -0.3 is 15.5 Å². The number of likely N-dealkylation sites (tertiary alicyclic amines) is 1. The van der Waals surface area contributed by atoms with Gasteiger partial charge in [-0.05, 0) is 60.2 Å². The highest BCUT2D eigenvalue weighted by molar-refractivity contribution is 7.07. The highest BCUT2D eigenvalue weighted by atomic mass is 32.1. The van der Waals surface area contributed by atoms with Gasteiger partial charge in [-0.15, -0.1) is 0 Å². The van der Waals surface area contributed by atoms with Crippen molar-refractivity contribution >= 4 is 17.3 Å². The average Bonchev–Trinajstić information content (AvgIpc) is 3.10. The minimum Gasteiger partial charge on any atom is -0.356 e. The van der Waals surface area contributed by atoms with Gasteiger partial charge in [0.1, 0.15) is 0 Å². The monoisotopic (exact) mass is 336 g/mol. The summed E-state index contributed by atoms with van der Waals surface area (Å²) in [5.41, 5.74) is 1.40. The summed E-state index contributed by atoms with van der Waals surface area (Å²) in [6.07, 6.45) is 4.13. The molecule has 2 heterocycles. The van der Waals surface area contributed by atoms with Crippen LogP contribution in [0.1, 0.15) is 44.6 Å². The normalized spacial score (nSPS) is 19.3. The molecule has 2 N–H and O–H groups in total. The van der Waals surface area contributed by atoms with E-state index in [-0.39, 0.29) is 0 Å². The molecule has 1 aromatic heterocycles. The third kappa shape index (κ3) is 6.51. The Morgan fingerprint density at radius 3 is 2.61 bits per heavy atom. The summed E-state index contributed by atoms with van der Waals surface area (Å²) < 4.78 is 0. The van der Waals surface area contributed by atoms with Crippen LogP contribution < -0.4 is 10.6 Å². The van der Waals surface area contributed by atoms with Gasteiger partial charge in [-0.3, -0.25) is 4.99 Å². The van der Waals surface area contributed by atoms with Crippen molar-refractivity contribution in [2.75, 3.05) is 39.8 Å². The number of nitrogens with one attached hydrogen (secondary N) is 2. The van der Waals surface area contributed by atoms with Gasteiger partial charge in [0.2, 0.25) is 0 Å². The Labute approximate surface area is 145 Å². The van der Waals surface area contributed by atoms with Gasteiger partial charge >= 0.3 is 0 Å². The number of thiophene rings is 1. The second kappa shape index (κ2) is 9.93. The van der Waals surface area contributed by atoms with Crippen LogP contribution in [-0.4, -0.2) is 50.6 Å². The Hall–Kier alpha value is -1.07. The Bertz CT molecular complexity index is 452. The number of aliphatic imine (C=N–C) groups is 1. The van der Waals surface area contributed by atoms with Crippen molar-refractivity contribution in [1.29, 1.82) is 0 Å². The van der Waals surface area contributed by atoms with Crippen LogP contribution in [0.15, 0.2) is 21.8 Å². The quantitative estimate of drug-likeness (QED) is 0.593. The van der Waals surface area contributed by atoms with Crippen LogP contribution in [0.5, 0.6) is 0 Å². The number of piperidine rings is 1. The maximum Gasteiger partial charge on any atom is 0.191 e. The lowest BCUT2D eigenvalue weighted by Gasteiger charge is -2.29. The van der Waals surface area contributed by atoms with E-state index in [1.54, 1.807) is 11.3 Å². The zero-order valence-corrected chi connectivity index (χ0v) is 15.7. The first-order valence-corrected chi connectivity index (χ1v) is 9.82. The topological polar surface area (TPSA) is 39.7 Å². The standard InChI is InChI=1S/C18H32N4S/c1-15(13-22-8-5-4-6-9-22)11-20-18(19-3)21-12-16(2)17-7-10-23-14-17/h7,10,14-16H,4-6,8-9,11-13H2,1-3H3,(H2,19,20,21). The highest BCUT2D eigenvalue weighted by Gasteiger charge is 2.14. The van der Waals surface area contributed by atoms with E-state index in [4.69, 9.17) is 0 Å². The van der Waals surface area contributed by atoms with Crippen LogP contribution in [0.2, 0.25) is 0 Å². The van der Waals surface area contributed by atoms with Crippen molar-refractivity contribution in [3.8, 4) is 0 Å². The first-order valence-electron chi connectivity index (χ1n) is 8.88. The van der Waals surface area contributed by atoms with Crippen molar-refractivity contribution in [3.05, 3.63) is 22.4 Å². The van der Waals surface area contributed by atoms with E-state index in [1.165, 1.54) is 44.5 Å². The van der Waals surface area contributed by atoms with Gasteiger partial charge in [-0.25, -0.2) is 0 Å². The number of nitrogens with zero attached hydrogens (tertiary/aromatic N) is 2. The predicted octanol–water partition coefficient (Wildman–Crippen LogP) is 3.14. The maximum absolute atomic E-state index is 4.34. The van der Waals surface area contributed by atoms with Crippen LogP contribution in [0.3, 0.4) is 0 Å². The van der Waals surface area contributed by atoms with Gasteiger partial charge in [0.25, 0.3) is 0 Å². The lowest BCUT2D eigenvalue weighted by molar-refractivity contribution is 0.201. The molecule has 130 valence electrons. The van der Waals surface area contributed by atoms with Crippen LogP contribution in [0.4, 0.5) is 0 Å². The molecule has 1 aromatic rings. The highest BCUT2D eigenvalue weighted by Crippen LogP contribution is 2.17. The molecular formula is C18H32N4S. The van der Waals surface area contributed by atoms with Crippen molar-refractivity contribution in [1.82, 2.24) is 15.5 Å². The summed E-state index contributed by atoms with van der Waals surface area (Å²) in [4.78, 5) is 6.95. The Morgan fingerprint density at radius 2 is 1.96 bits per heavy atom. The van der Waals surface area contributed by atoms with Gasteiger partial charge in [-0.1, -0.05) is 20.3 Å². The molecular weight excluding hydrogens is 304 g/mol. The molecule has 0 amide bonds. The number of guanidine groups is 1. The summed E-state index contributed by atoms with van der Waals surface area (Å²) in [6, 6.07) is 2.20. The van der Waals surface area contributed by atoms with Crippen molar-refractivity contribution in [2.45, 2.75) is 39.0 Å². The Balaban J connectivity index is 1.65. The summed E-state index contributed by atoms with van der Waals surface area (Å²) >= 11 is 1.76. The lowest BCUT2D eigenvalue weighted by Crippen LogP contribution is -2.43. The predicted molar refractivity (Wildman–Crippen MR) is 102 cm³/mol. The fourth-order valence-corrected chi connectivity index (χ4v) is 3.84. The van der Waals surface area contributed by atoms with Gasteiger partial charge in [0.15, 0.2) is 5.96 Å². The van der Waals surface area contributed by atoms with Crippen LogP contribution >= 0.6 is 11.3 Å². The van der Waals surface area contributed by atoms with Crippen molar-refractivity contribution in [2.24, 2.45) is 10.9 Å². The molecule has 0 bridgehead atoms. The lowest BCUT2D eigenvalue weighted by atomic mass is 10.1. The van der Waals surface area contributed by atoms with Crippen molar-refractivity contribution in [3.63, 3.8) is 0 Å². The number of rotatable bonds is 7. The number of hydrogen-bond donors (Lipinski definition) is 2. The molecule has 2 unspecified atom stereocenters. The third-order valence-corrected chi connectivity index (χ3v) is 5.25. The molecule has 0 spiro atoms. The SMILES string of the molecule is CN=C(NCC(C)CN1CCCCC1)NCC(C)c1ccsc1. The number of hydrogen-bond acceptors (Lipinski definition) is 3. The van der Waals surface area contributed by atoms with E-state index >= 15 is 0 Å². The molecule has 1 saturated heterocycles. The molecule has 0 aromatic carbocycles. The molecule has 1 aliphatic heterocycles. The van der Waals surface area contributed by atoms with E-state index in [1.807, 2.05) is 7.05 Å². The summed E-state index contributed by atoms with van der Waals surface area (Å²) in [7, 11) is 1.85. The maximum atomic E-state index is 4.34. The van der Waals surface area contributed by atoms with E-state index < -0.39 is 0 Å². The molecule has 2 rings (SSSR count). The van der Waals surface area contributed by atoms with Gasteiger partial charge in [0, 0.05) is 26.7 Å². The van der Waals surface area contributed by atoms with E-state index in [0.717, 1.165) is 19.0 Å². The molecule has 1 aliphatic rings.